The third-order valence-corrected chi connectivity index (χ3v) is 3.64. The first-order valence-electron chi connectivity index (χ1n) is 7.17. The molecule has 0 aromatic carbocycles. The van der Waals surface area contributed by atoms with Crippen molar-refractivity contribution in [3.05, 3.63) is 54.1 Å². The van der Waals surface area contributed by atoms with Crippen LogP contribution in [0.15, 0.2) is 42.7 Å². The first kappa shape index (κ1) is 13.8. The average Bonchev–Trinajstić information content (AvgIpc) is 3.24. The molecule has 2 aromatic rings. The van der Waals surface area contributed by atoms with Gasteiger partial charge in [-0.05, 0) is 37.1 Å². The summed E-state index contributed by atoms with van der Waals surface area (Å²) in [7, 11) is 1.62. The maximum atomic E-state index is 12.5. The fourth-order valence-corrected chi connectivity index (χ4v) is 2.44. The third kappa shape index (κ3) is 3.13. The van der Waals surface area contributed by atoms with Gasteiger partial charge in [0.25, 0.3) is 5.91 Å². The zero-order chi connectivity index (χ0) is 14.7. The highest BCUT2D eigenvalue weighted by Gasteiger charge is 2.27. The Labute approximate surface area is 124 Å². The van der Waals surface area contributed by atoms with E-state index < -0.39 is 0 Å². The molecule has 1 aliphatic rings. The van der Waals surface area contributed by atoms with Crippen molar-refractivity contribution in [3.63, 3.8) is 0 Å². The molecule has 110 valence electrons. The molecule has 1 aliphatic carbocycles. The molecule has 2 heterocycles. The van der Waals surface area contributed by atoms with Crippen molar-refractivity contribution in [3.8, 4) is 0 Å². The highest BCUT2D eigenvalue weighted by molar-refractivity contribution is 5.93. The molecule has 0 bridgehead atoms. The van der Waals surface area contributed by atoms with Crippen LogP contribution >= 0.6 is 0 Å². The lowest BCUT2D eigenvalue weighted by Crippen LogP contribution is -2.33. The molecule has 0 spiro atoms. The van der Waals surface area contributed by atoms with E-state index in [0.29, 0.717) is 18.3 Å². The Morgan fingerprint density at radius 1 is 1.43 bits per heavy atom. The van der Waals surface area contributed by atoms with Gasteiger partial charge in [-0.2, -0.15) is 0 Å². The lowest BCUT2D eigenvalue weighted by Gasteiger charge is -2.18. The summed E-state index contributed by atoms with van der Waals surface area (Å²) in [5.74, 6) is -0.0837. The lowest BCUT2D eigenvalue weighted by atomic mass is 10.2. The van der Waals surface area contributed by atoms with Crippen LogP contribution in [-0.2, 0) is 4.74 Å². The van der Waals surface area contributed by atoms with E-state index in [4.69, 9.17) is 4.74 Å². The predicted molar refractivity (Wildman–Crippen MR) is 79.0 cm³/mol. The van der Waals surface area contributed by atoms with Crippen molar-refractivity contribution >= 4 is 5.91 Å². The first-order chi connectivity index (χ1) is 10.3. The van der Waals surface area contributed by atoms with Gasteiger partial charge >= 0.3 is 0 Å². The molecule has 0 radical (unpaired) electrons. The Kier molecular flexibility index (Phi) is 4.01. The van der Waals surface area contributed by atoms with Crippen LogP contribution in [0.1, 0.15) is 41.1 Å². The number of rotatable bonds is 6. The largest absolute Gasteiger partial charge is 0.382 e. The monoisotopic (exact) mass is 285 g/mol. The summed E-state index contributed by atoms with van der Waals surface area (Å²) in [6.07, 6.45) is 5.99. The highest BCUT2D eigenvalue weighted by atomic mass is 16.5. The summed E-state index contributed by atoms with van der Waals surface area (Å²) in [5.41, 5.74) is 1.51. The standard InChI is InChI=1S/C16H19N3O2/c1-21-11-14(13-5-2-3-9-17-13)18-16(20)15-6-4-10-19(15)12-7-8-12/h2-6,9-10,12,14H,7-8,11H2,1H3,(H,18,20)/t14-/m0/s1. The molecule has 3 rings (SSSR count). The molecule has 1 atom stereocenters. The van der Waals surface area contributed by atoms with Gasteiger partial charge in [-0.1, -0.05) is 6.07 Å². The molecule has 0 aliphatic heterocycles. The van der Waals surface area contributed by atoms with Crippen LogP contribution in [0.4, 0.5) is 0 Å². The maximum Gasteiger partial charge on any atom is 0.268 e. The van der Waals surface area contributed by atoms with Crippen LogP contribution in [-0.4, -0.2) is 29.2 Å². The van der Waals surface area contributed by atoms with Gasteiger partial charge in [-0.3, -0.25) is 9.78 Å². The fourth-order valence-electron chi connectivity index (χ4n) is 2.44. The van der Waals surface area contributed by atoms with E-state index in [1.807, 2.05) is 36.5 Å². The summed E-state index contributed by atoms with van der Waals surface area (Å²) in [5, 5.41) is 3.01. The van der Waals surface area contributed by atoms with Crippen LogP contribution < -0.4 is 5.32 Å². The summed E-state index contributed by atoms with van der Waals surface area (Å²) in [4.78, 5) is 16.8. The minimum atomic E-state index is -0.244. The zero-order valence-electron chi connectivity index (χ0n) is 12.0. The van der Waals surface area contributed by atoms with Crippen molar-refractivity contribution in [1.82, 2.24) is 14.9 Å². The number of nitrogens with zero attached hydrogens (tertiary/aromatic N) is 2. The van der Waals surface area contributed by atoms with E-state index in [-0.39, 0.29) is 11.9 Å². The van der Waals surface area contributed by atoms with E-state index in [1.165, 1.54) is 0 Å². The number of nitrogens with one attached hydrogen (secondary N) is 1. The summed E-state index contributed by atoms with van der Waals surface area (Å²) in [6, 6.07) is 9.67. The highest BCUT2D eigenvalue weighted by Crippen LogP contribution is 2.36. The lowest BCUT2D eigenvalue weighted by molar-refractivity contribution is 0.0885. The number of carbonyl (C=O) groups is 1. The van der Waals surface area contributed by atoms with E-state index in [2.05, 4.69) is 14.9 Å². The second-order valence-corrected chi connectivity index (χ2v) is 5.27. The fraction of sp³-hybridized carbons (Fsp3) is 0.375. The number of hydrogen-bond donors (Lipinski definition) is 1. The number of amides is 1. The molecular formula is C16H19N3O2. The second kappa shape index (κ2) is 6.10. The van der Waals surface area contributed by atoms with E-state index in [9.17, 15) is 4.79 Å². The SMILES string of the molecule is COC[C@H](NC(=O)c1cccn1C1CC1)c1ccccn1. The molecule has 5 nitrogen and oxygen atoms in total. The molecule has 1 N–H and O–H groups in total. The normalized spacial score (nSPS) is 15.7. The zero-order valence-corrected chi connectivity index (χ0v) is 12.0. The Bertz CT molecular complexity index is 605. The number of methoxy groups -OCH3 is 1. The van der Waals surface area contributed by atoms with Crippen LogP contribution in [0.25, 0.3) is 0 Å². The van der Waals surface area contributed by atoms with Gasteiger partial charge in [0.05, 0.1) is 18.3 Å². The Morgan fingerprint density at radius 2 is 2.29 bits per heavy atom. The summed E-state index contributed by atoms with van der Waals surface area (Å²) >= 11 is 0. The molecule has 0 unspecified atom stereocenters. The Morgan fingerprint density at radius 3 is 2.95 bits per heavy atom. The number of hydrogen-bond acceptors (Lipinski definition) is 3. The molecule has 1 fully saturated rings. The van der Waals surface area contributed by atoms with Crippen molar-refractivity contribution in [2.75, 3.05) is 13.7 Å². The third-order valence-electron chi connectivity index (χ3n) is 3.64. The summed E-state index contributed by atoms with van der Waals surface area (Å²) in [6.45, 7) is 0.396. The van der Waals surface area contributed by atoms with Gasteiger partial charge in [0.2, 0.25) is 0 Å². The van der Waals surface area contributed by atoms with Crippen molar-refractivity contribution in [2.45, 2.75) is 24.9 Å². The van der Waals surface area contributed by atoms with Gasteiger partial charge in [0, 0.05) is 25.5 Å². The molecule has 21 heavy (non-hydrogen) atoms. The molecule has 1 amide bonds. The predicted octanol–water partition coefficient (Wildman–Crippen LogP) is 2.34. The minimum Gasteiger partial charge on any atom is -0.382 e. The molecule has 0 saturated heterocycles. The summed E-state index contributed by atoms with van der Waals surface area (Å²) < 4.78 is 7.26. The van der Waals surface area contributed by atoms with E-state index >= 15 is 0 Å². The van der Waals surface area contributed by atoms with Gasteiger partial charge in [0.1, 0.15) is 5.69 Å². The van der Waals surface area contributed by atoms with Gasteiger partial charge in [-0.25, -0.2) is 0 Å². The minimum absolute atomic E-state index is 0.0837. The Balaban J connectivity index is 1.76. The number of pyridine rings is 1. The van der Waals surface area contributed by atoms with Crippen LogP contribution in [0.3, 0.4) is 0 Å². The van der Waals surface area contributed by atoms with Crippen molar-refractivity contribution < 1.29 is 9.53 Å². The van der Waals surface area contributed by atoms with Crippen molar-refractivity contribution in [1.29, 1.82) is 0 Å². The van der Waals surface area contributed by atoms with Gasteiger partial charge in [0.15, 0.2) is 0 Å². The maximum absolute atomic E-state index is 12.5. The molecular weight excluding hydrogens is 266 g/mol. The average molecular weight is 285 g/mol. The number of carbonyl (C=O) groups excluding carboxylic acids is 1. The Hall–Kier alpha value is -2.14. The van der Waals surface area contributed by atoms with E-state index in [0.717, 1.165) is 18.5 Å². The smallest absolute Gasteiger partial charge is 0.268 e. The number of ether oxygens (including phenoxy) is 1. The van der Waals surface area contributed by atoms with E-state index in [1.54, 1.807) is 13.3 Å². The topological polar surface area (TPSA) is 56.1 Å². The first-order valence-corrected chi connectivity index (χ1v) is 7.17. The van der Waals surface area contributed by atoms with Crippen molar-refractivity contribution in [2.24, 2.45) is 0 Å². The molecule has 1 saturated carbocycles. The van der Waals surface area contributed by atoms with Gasteiger partial charge in [-0.15, -0.1) is 0 Å². The number of aromatic nitrogens is 2. The van der Waals surface area contributed by atoms with Crippen LogP contribution in [0, 0.1) is 0 Å². The molecule has 5 heteroatoms. The van der Waals surface area contributed by atoms with Crippen LogP contribution in [0.2, 0.25) is 0 Å². The quantitative estimate of drug-likeness (QED) is 0.886. The van der Waals surface area contributed by atoms with Crippen LogP contribution in [0.5, 0.6) is 0 Å². The molecule has 2 aromatic heterocycles. The van der Waals surface area contributed by atoms with Gasteiger partial charge < -0.3 is 14.6 Å². The second-order valence-electron chi connectivity index (χ2n) is 5.27.